The molecule has 5 nitrogen and oxygen atoms in total. The molecule has 0 aromatic heterocycles. The van der Waals surface area contributed by atoms with Crippen molar-refractivity contribution in [3.63, 3.8) is 0 Å². The van der Waals surface area contributed by atoms with E-state index in [1.54, 1.807) is 32.4 Å². The van der Waals surface area contributed by atoms with Gasteiger partial charge in [0.2, 0.25) is 0 Å². The van der Waals surface area contributed by atoms with E-state index >= 15 is 0 Å². The summed E-state index contributed by atoms with van der Waals surface area (Å²) >= 11 is 0. The SMILES string of the molecule is COc1ccc(C(=O)NC2CCN(CC(C)C)CC2)cc1OC. The lowest BCUT2D eigenvalue weighted by Gasteiger charge is -2.33. The maximum absolute atomic E-state index is 12.4. The standard InChI is InChI=1S/C18H28N2O3/c1-13(2)12-20-9-7-15(8-10-20)19-18(21)14-5-6-16(22-3)17(11-14)23-4/h5-6,11,13,15H,7-10,12H2,1-4H3,(H,19,21). The molecule has 0 bridgehead atoms. The third-order valence-corrected chi connectivity index (χ3v) is 4.19. The fourth-order valence-electron chi connectivity index (χ4n) is 3.02. The second-order valence-electron chi connectivity index (χ2n) is 6.51. The maximum atomic E-state index is 12.4. The van der Waals surface area contributed by atoms with Crippen LogP contribution in [0.15, 0.2) is 18.2 Å². The van der Waals surface area contributed by atoms with Crippen LogP contribution in [0.2, 0.25) is 0 Å². The summed E-state index contributed by atoms with van der Waals surface area (Å²) in [6.45, 7) is 7.72. The van der Waals surface area contributed by atoms with Gasteiger partial charge in [0.25, 0.3) is 5.91 Å². The van der Waals surface area contributed by atoms with E-state index in [2.05, 4.69) is 24.1 Å². The minimum Gasteiger partial charge on any atom is -0.493 e. The summed E-state index contributed by atoms with van der Waals surface area (Å²) in [7, 11) is 3.16. The van der Waals surface area contributed by atoms with Gasteiger partial charge in [-0.05, 0) is 37.0 Å². The molecule has 1 fully saturated rings. The van der Waals surface area contributed by atoms with Crippen LogP contribution in [-0.2, 0) is 0 Å². The van der Waals surface area contributed by atoms with Gasteiger partial charge in [-0.15, -0.1) is 0 Å². The molecule has 1 amide bonds. The monoisotopic (exact) mass is 320 g/mol. The summed E-state index contributed by atoms with van der Waals surface area (Å²) in [5.41, 5.74) is 0.604. The Morgan fingerprint density at radius 1 is 1.22 bits per heavy atom. The Kier molecular flexibility index (Phi) is 6.28. The van der Waals surface area contributed by atoms with Crippen molar-refractivity contribution in [3.05, 3.63) is 23.8 Å². The van der Waals surface area contributed by atoms with Crippen molar-refractivity contribution in [2.45, 2.75) is 32.7 Å². The third-order valence-electron chi connectivity index (χ3n) is 4.19. The van der Waals surface area contributed by atoms with Gasteiger partial charge < -0.3 is 19.7 Å². The zero-order valence-corrected chi connectivity index (χ0v) is 14.6. The number of nitrogens with zero attached hydrogens (tertiary/aromatic N) is 1. The number of rotatable bonds is 6. The Labute approximate surface area is 139 Å². The number of hydrogen-bond donors (Lipinski definition) is 1. The molecule has 1 heterocycles. The number of piperidine rings is 1. The summed E-state index contributed by atoms with van der Waals surface area (Å²) in [5, 5.41) is 3.14. The Hall–Kier alpha value is -1.75. The molecule has 2 rings (SSSR count). The molecule has 0 radical (unpaired) electrons. The maximum Gasteiger partial charge on any atom is 0.251 e. The van der Waals surface area contributed by atoms with E-state index in [0.29, 0.717) is 23.0 Å². The molecule has 1 aromatic rings. The van der Waals surface area contributed by atoms with Crippen LogP contribution >= 0.6 is 0 Å². The summed E-state index contributed by atoms with van der Waals surface area (Å²) in [5.74, 6) is 1.85. The van der Waals surface area contributed by atoms with Gasteiger partial charge in [0.05, 0.1) is 14.2 Å². The van der Waals surface area contributed by atoms with Crippen molar-refractivity contribution in [3.8, 4) is 11.5 Å². The second-order valence-corrected chi connectivity index (χ2v) is 6.51. The Balaban J connectivity index is 1.90. The Morgan fingerprint density at radius 2 is 1.87 bits per heavy atom. The van der Waals surface area contributed by atoms with Crippen LogP contribution in [-0.4, -0.2) is 50.7 Å². The number of ether oxygens (including phenoxy) is 2. The van der Waals surface area contributed by atoms with E-state index in [-0.39, 0.29) is 11.9 Å². The Bertz CT molecular complexity index is 523. The Morgan fingerprint density at radius 3 is 2.43 bits per heavy atom. The van der Waals surface area contributed by atoms with Gasteiger partial charge in [-0.3, -0.25) is 4.79 Å². The van der Waals surface area contributed by atoms with Gasteiger partial charge in [-0.2, -0.15) is 0 Å². The smallest absolute Gasteiger partial charge is 0.251 e. The van der Waals surface area contributed by atoms with Crippen LogP contribution in [0.3, 0.4) is 0 Å². The average Bonchev–Trinajstić information content (AvgIpc) is 2.55. The van der Waals surface area contributed by atoms with Crippen LogP contribution in [0.4, 0.5) is 0 Å². The minimum atomic E-state index is -0.0479. The van der Waals surface area contributed by atoms with E-state index in [0.717, 1.165) is 32.5 Å². The highest BCUT2D eigenvalue weighted by atomic mass is 16.5. The lowest BCUT2D eigenvalue weighted by Crippen LogP contribution is -2.45. The predicted octanol–water partition coefficient (Wildman–Crippen LogP) is 2.55. The molecule has 1 aliphatic rings. The molecule has 0 spiro atoms. The topological polar surface area (TPSA) is 50.8 Å². The molecule has 1 N–H and O–H groups in total. The van der Waals surface area contributed by atoms with Crippen molar-refractivity contribution in [1.29, 1.82) is 0 Å². The third kappa shape index (κ3) is 4.86. The predicted molar refractivity (Wildman–Crippen MR) is 91.3 cm³/mol. The highest BCUT2D eigenvalue weighted by Gasteiger charge is 2.22. The van der Waals surface area contributed by atoms with Crippen molar-refractivity contribution >= 4 is 5.91 Å². The fourth-order valence-corrected chi connectivity index (χ4v) is 3.02. The van der Waals surface area contributed by atoms with Crippen molar-refractivity contribution in [1.82, 2.24) is 10.2 Å². The van der Waals surface area contributed by atoms with Crippen molar-refractivity contribution in [2.75, 3.05) is 33.9 Å². The molecule has 5 heteroatoms. The van der Waals surface area contributed by atoms with Gasteiger partial charge >= 0.3 is 0 Å². The van der Waals surface area contributed by atoms with E-state index in [1.807, 2.05) is 0 Å². The summed E-state index contributed by atoms with van der Waals surface area (Å²) in [6, 6.07) is 5.50. The van der Waals surface area contributed by atoms with Gasteiger partial charge in [0.1, 0.15) is 0 Å². The van der Waals surface area contributed by atoms with Gasteiger partial charge in [0, 0.05) is 31.2 Å². The van der Waals surface area contributed by atoms with E-state index in [9.17, 15) is 4.79 Å². The molecule has 0 aliphatic carbocycles. The second kappa shape index (κ2) is 8.20. The lowest BCUT2D eigenvalue weighted by atomic mass is 10.0. The first-order chi connectivity index (χ1) is 11.0. The molecule has 0 unspecified atom stereocenters. The summed E-state index contributed by atoms with van der Waals surface area (Å²) in [4.78, 5) is 14.9. The van der Waals surface area contributed by atoms with Crippen LogP contribution in [0.1, 0.15) is 37.0 Å². The van der Waals surface area contributed by atoms with E-state index in [1.165, 1.54) is 0 Å². The van der Waals surface area contributed by atoms with Crippen LogP contribution in [0.25, 0.3) is 0 Å². The summed E-state index contributed by atoms with van der Waals surface area (Å²) < 4.78 is 10.5. The molecule has 1 saturated heterocycles. The van der Waals surface area contributed by atoms with Gasteiger partial charge in [0.15, 0.2) is 11.5 Å². The number of hydrogen-bond acceptors (Lipinski definition) is 4. The van der Waals surface area contributed by atoms with Crippen LogP contribution < -0.4 is 14.8 Å². The van der Waals surface area contributed by atoms with E-state index < -0.39 is 0 Å². The number of amides is 1. The molecular weight excluding hydrogens is 292 g/mol. The van der Waals surface area contributed by atoms with Crippen LogP contribution in [0, 0.1) is 5.92 Å². The fraction of sp³-hybridized carbons (Fsp3) is 0.611. The molecular formula is C18H28N2O3. The number of likely N-dealkylation sites (tertiary alicyclic amines) is 1. The lowest BCUT2D eigenvalue weighted by molar-refractivity contribution is 0.0907. The first kappa shape index (κ1) is 17.6. The normalized spacial score (nSPS) is 16.4. The van der Waals surface area contributed by atoms with E-state index in [4.69, 9.17) is 9.47 Å². The molecule has 0 atom stereocenters. The number of nitrogens with one attached hydrogen (secondary N) is 1. The largest absolute Gasteiger partial charge is 0.493 e. The number of carbonyl (C=O) groups excluding carboxylic acids is 1. The first-order valence-corrected chi connectivity index (χ1v) is 8.28. The minimum absolute atomic E-state index is 0.0479. The molecule has 23 heavy (non-hydrogen) atoms. The zero-order chi connectivity index (χ0) is 16.8. The molecule has 128 valence electrons. The van der Waals surface area contributed by atoms with Gasteiger partial charge in [-0.1, -0.05) is 13.8 Å². The highest BCUT2D eigenvalue weighted by Crippen LogP contribution is 2.27. The first-order valence-electron chi connectivity index (χ1n) is 8.28. The molecule has 1 aliphatic heterocycles. The highest BCUT2D eigenvalue weighted by molar-refractivity contribution is 5.95. The number of benzene rings is 1. The molecule has 1 aromatic carbocycles. The summed E-state index contributed by atoms with van der Waals surface area (Å²) in [6.07, 6.45) is 2.01. The zero-order valence-electron chi connectivity index (χ0n) is 14.6. The number of carbonyl (C=O) groups is 1. The number of methoxy groups -OCH3 is 2. The average molecular weight is 320 g/mol. The molecule has 0 saturated carbocycles. The van der Waals surface area contributed by atoms with Crippen molar-refractivity contribution < 1.29 is 14.3 Å². The van der Waals surface area contributed by atoms with Gasteiger partial charge in [-0.25, -0.2) is 0 Å². The van der Waals surface area contributed by atoms with Crippen LogP contribution in [0.5, 0.6) is 11.5 Å². The van der Waals surface area contributed by atoms with Crippen molar-refractivity contribution in [2.24, 2.45) is 5.92 Å². The quantitative estimate of drug-likeness (QED) is 0.875.